The second-order valence-corrected chi connectivity index (χ2v) is 6.54. The Morgan fingerprint density at radius 2 is 1.87 bits per heavy atom. The summed E-state index contributed by atoms with van der Waals surface area (Å²) >= 11 is 1.39. The minimum atomic E-state index is -0.879. The van der Waals surface area contributed by atoms with Gasteiger partial charge in [0.15, 0.2) is 11.5 Å². The lowest BCUT2D eigenvalue weighted by Gasteiger charge is -2.13. The summed E-state index contributed by atoms with van der Waals surface area (Å²) in [5.41, 5.74) is 6.18. The maximum absolute atomic E-state index is 12.5. The van der Waals surface area contributed by atoms with Crippen LogP contribution in [0.5, 0.6) is 11.5 Å². The fourth-order valence-corrected chi connectivity index (χ4v) is 3.00. The number of nitrogens with one attached hydrogen (secondary N) is 2. The molecule has 3 aromatic rings. The number of methoxy groups -OCH3 is 1. The number of nitro benzene ring substituents is 1. The molecule has 0 aliphatic heterocycles. The van der Waals surface area contributed by atoms with E-state index in [4.69, 9.17) is 9.47 Å². The molecule has 0 bridgehead atoms. The number of nitro groups is 1. The molecule has 0 spiro atoms. The Labute approximate surface area is 174 Å². The van der Waals surface area contributed by atoms with E-state index < -0.39 is 22.4 Å². The van der Waals surface area contributed by atoms with Gasteiger partial charge >= 0.3 is 0 Å². The highest BCUT2D eigenvalue weighted by molar-refractivity contribution is 7.07. The van der Waals surface area contributed by atoms with E-state index in [1.165, 1.54) is 24.5 Å². The predicted octanol–water partition coefficient (Wildman–Crippen LogP) is 2.71. The van der Waals surface area contributed by atoms with Crippen molar-refractivity contribution in [2.45, 2.75) is 6.61 Å². The number of amides is 2. The van der Waals surface area contributed by atoms with Gasteiger partial charge in [0.25, 0.3) is 17.5 Å². The second kappa shape index (κ2) is 9.47. The van der Waals surface area contributed by atoms with Gasteiger partial charge in [0.1, 0.15) is 12.2 Å². The van der Waals surface area contributed by atoms with Crippen LogP contribution in [0.25, 0.3) is 0 Å². The Bertz CT molecular complexity index is 1060. The normalized spacial score (nSPS) is 10.2. The van der Waals surface area contributed by atoms with E-state index in [2.05, 4.69) is 15.8 Å². The number of carbonyl (C=O) groups is 2. The third kappa shape index (κ3) is 4.89. The summed E-state index contributed by atoms with van der Waals surface area (Å²) in [5, 5.41) is 13.3. The van der Waals surface area contributed by atoms with Crippen LogP contribution in [0.3, 0.4) is 0 Å². The molecule has 2 N–H and O–H groups in total. The topological polar surface area (TPSA) is 133 Å². The quantitative estimate of drug-likeness (QED) is 0.437. The first-order chi connectivity index (χ1) is 14.5. The van der Waals surface area contributed by atoms with E-state index in [1.54, 1.807) is 41.2 Å². The van der Waals surface area contributed by atoms with Crippen molar-refractivity contribution >= 4 is 28.8 Å². The molecule has 2 amide bonds. The SMILES string of the molecule is COc1cc(C(=O)NNC(=O)c2ccccc2)c([N+](=O)[O-])cc1OCc1cscn1. The number of rotatable bonds is 7. The molecule has 0 aliphatic carbocycles. The Balaban J connectivity index is 1.79. The molecular weight excluding hydrogens is 412 g/mol. The average Bonchev–Trinajstić information content (AvgIpc) is 3.29. The van der Waals surface area contributed by atoms with Gasteiger partial charge in [-0.1, -0.05) is 18.2 Å². The molecule has 154 valence electrons. The van der Waals surface area contributed by atoms with E-state index >= 15 is 0 Å². The number of nitrogens with zero attached hydrogens (tertiary/aromatic N) is 2. The first kappa shape index (κ1) is 20.7. The number of carbonyl (C=O) groups excluding carboxylic acids is 2. The number of hydrogen-bond donors (Lipinski definition) is 2. The van der Waals surface area contributed by atoms with Crippen molar-refractivity contribution in [3.8, 4) is 11.5 Å². The summed E-state index contributed by atoms with van der Waals surface area (Å²) in [4.78, 5) is 39.4. The molecular formula is C19H16N4O6S. The smallest absolute Gasteiger partial charge is 0.286 e. The minimum absolute atomic E-state index is 0.0791. The van der Waals surface area contributed by atoms with E-state index in [1.807, 2.05) is 0 Å². The molecule has 0 atom stereocenters. The summed E-state index contributed by atoms with van der Waals surface area (Å²) < 4.78 is 10.8. The highest BCUT2D eigenvalue weighted by Crippen LogP contribution is 2.35. The van der Waals surface area contributed by atoms with Crippen LogP contribution in [0.4, 0.5) is 5.69 Å². The molecule has 30 heavy (non-hydrogen) atoms. The number of ether oxygens (including phenoxy) is 2. The second-order valence-electron chi connectivity index (χ2n) is 5.82. The monoisotopic (exact) mass is 428 g/mol. The zero-order valence-corrected chi connectivity index (χ0v) is 16.5. The van der Waals surface area contributed by atoms with Crippen LogP contribution in [-0.2, 0) is 6.61 Å². The molecule has 1 heterocycles. The van der Waals surface area contributed by atoms with Crippen LogP contribution in [0.2, 0.25) is 0 Å². The van der Waals surface area contributed by atoms with Gasteiger partial charge in [-0.05, 0) is 12.1 Å². The largest absolute Gasteiger partial charge is 0.493 e. The van der Waals surface area contributed by atoms with E-state index in [-0.39, 0.29) is 23.7 Å². The van der Waals surface area contributed by atoms with Gasteiger partial charge in [0.2, 0.25) is 0 Å². The van der Waals surface area contributed by atoms with Crippen LogP contribution in [-0.4, -0.2) is 28.8 Å². The Morgan fingerprint density at radius 3 is 2.50 bits per heavy atom. The zero-order valence-electron chi connectivity index (χ0n) is 15.7. The molecule has 11 heteroatoms. The molecule has 1 aromatic heterocycles. The van der Waals surface area contributed by atoms with Gasteiger partial charge in [-0.25, -0.2) is 4.98 Å². The van der Waals surface area contributed by atoms with Crippen molar-refractivity contribution in [2.75, 3.05) is 7.11 Å². The van der Waals surface area contributed by atoms with E-state index in [9.17, 15) is 19.7 Å². The molecule has 0 saturated heterocycles. The maximum atomic E-state index is 12.5. The molecule has 0 aliphatic rings. The molecule has 3 rings (SSSR count). The summed E-state index contributed by atoms with van der Waals surface area (Å²) in [6, 6.07) is 10.5. The third-order valence-corrected chi connectivity index (χ3v) is 4.54. The van der Waals surface area contributed by atoms with Gasteiger partial charge in [0.05, 0.1) is 29.3 Å². The zero-order chi connectivity index (χ0) is 21.5. The van der Waals surface area contributed by atoms with Gasteiger partial charge in [-0.2, -0.15) is 0 Å². The lowest BCUT2D eigenvalue weighted by Crippen LogP contribution is -2.41. The van der Waals surface area contributed by atoms with Crippen LogP contribution in [0.15, 0.2) is 53.4 Å². The summed E-state index contributed by atoms with van der Waals surface area (Å²) in [5.74, 6) is -1.24. The fraction of sp³-hybridized carbons (Fsp3) is 0.105. The molecule has 0 unspecified atom stereocenters. The van der Waals surface area contributed by atoms with E-state index in [0.717, 1.165) is 6.07 Å². The van der Waals surface area contributed by atoms with Crippen LogP contribution >= 0.6 is 11.3 Å². The number of benzene rings is 2. The van der Waals surface area contributed by atoms with Gasteiger partial charge in [-0.15, -0.1) is 11.3 Å². The predicted molar refractivity (Wildman–Crippen MR) is 107 cm³/mol. The van der Waals surface area contributed by atoms with Gasteiger partial charge < -0.3 is 9.47 Å². The third-order valence-electron chi connectivity index (χ3n) is 3.91. The lowest BCUT2D eigenvalue weighted by atomic mass is 10.1. The van der Waals surface area contributed by atoms with Crippen LogP contribution in [0.1, 0.15) is 26.4 Å². The number of thiazole rings is 1. The molecule has 2 aromatic carbocycles. The van der Waals surface area contributed by atoms with Crippen molar-refractivity contribution in [2.24, 2.45) is 0 Å². The van der Waals surface area contributed by atoms with Gasteiger partial charge in [0, 0.05) is 17.0 Å². The van der Waals surface area contributed by atoms with Crippen molar-refractivity contribution in [1.82, 2.24) is 15.8 Å². The van der Waals surface area contributed by atoms with Crippen LogP contribution < -0.4 is 20.3 Å². The summed E-state index contributed by atoms with van der Waals surface area (Å²) in [7, 11) is 1.34. The van der Waals surface area contributed by atoms with E-state index in [0.29, 0.717) is 11.3 Å². The molecule has 0 fully saturated rings. The standard InChI is InChI=1S/C19H16N4O6S/c1-28-16-7-14(19(25)22-21-18(24)12-5-3-2-4-6-12)15(23(26)27)8-17(16)29-9-13-10-30-11-20-13/h2-8,10-11H,9H2,1H3,(H,21,24)(H,22,25). The first-order valence-electron chi connectivity index (χ1n) is 8.51. The minimum Gasteiger partial charge on any atom is -0.493 e. The fourth-order valence-electron chi connectivity index (χ4n) is 2.46. The first-order valence-corrected chi connectivity index (χ1v) is 9.46. The average molecular weight is 428 g/mol. The van der Waals surface area contributed by atoms with Crippen molar-refractivity contribution in [3.63, 3.8) is 0 Å². The Hall–Kier alpha value is -3.99. The number of aromatic nitrogens is 1. The highest BCUT2D eigenvalue weighted by Gasteiger charge is 2.25. The van der Waals surface area contributed by atoms with Crippen LogP contribution in [0, 0.1) is 10.1 Å². The van der Waals surface area contributed by atoms with Gasteiger partial charge in [-0.3, -0.25) is 30.6 Å². The lowest BCUT2D eigenvalue weighted by molar-refractivity contribution is -0.385. The molecule has 10 nitrogen and oxygen atoms in total. The summed E-state index contributed by atoms with van der Waals surface area (Å²) in [6.45, 7) is 0.0791. The maximum Gasteiger partial charge on any atom is 0.286 e. The van der Waals surface area contributed by atoms with Crippen molar-refractivity contribution < 1.29 is 24.0 Å². The van der Waals surface area contributed by atoms with Crippen molar-refractivity contribution in [1.29, 1.82) is 0 Å². The Morgan fingerprint density at radius 1 is 1.13 bits per heavy atom. The Kier molecular flexibility index (Phi) is 6.55. The summed E-state index contributed by atoms with van der Waals surface area (Å²) in [6.07, 6.45) is 0. The van der Waals surface area contributed by atoms with Crippen molar-refractivity contribution in [3.05, 3.63) is 80.3 Å². The number of hydrogen-bond acceptors (Lipinski definition) is 8. The molecule has 0 radical (unpaired) electrons. The number of hydrazine groups is 1. The molecule has 0 saturated carbocycles. The highest BCUT2D eigenvalue weighted by atomic mass is 32.1.